The lowest BCUT2D eigenvalue weighted by Crippen LogP contribution is -2.23. The minimum atomic E-state index is 0.0205. The summed E-state index contributed by atoms with van der Waals surface area (Å²) in [5.41, 5.74) is 1.39. The molecule has 1 aromatic rings. The second-order valence-corrected chi connectivity index (χ2v) is 3.80. The summed E-state index contributed by atoms with van der Waals surface area (Å²) in [6.45, 7) is 0.703. The zero-order valence-corrected chi connectivity index (χ0v) is 8.93. The molecule has 1 amide bonds. The molecule has 0 atom stereocenters. The first-order valence-electron chi connectivity index (χ1n) is 5.33. The van der Waals surface area contributed by atoms with Crippen LogP contribution in [0.4, 0.5) is 0 Å². The molecule has 0 unspecified atom stereocenters. The van der Waals surface area contributed by atoms with E-state index >= 15 is 0 Å². The highest BCUT2D eigenvalue weighted by molar-refractivity contribution is 6.08. The molecule has 0 aromatic heterocycles. The van der Waals surface area contributed by atoms with E-state index in [4.69, 9.17) is 0 Å². The zero-order valence-electron chi connectivity index (χ0n) is 8.93. The summed E-state index contributed by atoms with van der Waals surface area (Å²) in [4.78, 5) is 24.2. The molecule has 3 nitrogen and oxygen atoms in total. The molecule has 0 saturated carbocycles. The standard InChI is InChI=1S/C13H13NO2/c15-10-14-8-4-7-12(9-14)13(16)11-5-2-1-3-6-11/h1-3,5-6,9-10H,4,7-8H2. The van der Waals surface area contributed by atoms with Gasteiger partial charge in [0, 0.05) is 23.9 Å². The van der Waals surface area contributed by atoms with Crippen molar-refractivity contribution in [2.24, 2.45) is 0 Å². The monoisotopic (exact) mass is 215 g/mol. The molecule has 3 heteroatoms. The van der Waals surface area contributed by atoms with E-state index in [2.05, 4.69) is 0 Å². The molecule has 0 radical (unpaired) electrons. The molecule has 0 bridgehead atoms. The number of rotatable bonds is 3. The van der Waals surface area contributed by atoms with Crippen molar-refractivity contribution in [2.45, 2.75) is 12.8 Å². The third-order valence-corrected chi connectivity index (χ3v) is 2.65. The number of benzene rings is 1. The van der Waals surface area contributed by atoms with E-state index in [1.165, 1.54) is 4.90 Å². The average molecular weight is 215 g/mol. The Morgan fingerprint density at radius 1 is 1.25 bits per heavy atom. The normalized spacial score (nSPS) is 15.5. The summed E-state index contributed by atoms with van der Waals surface area (Å²) in [7, 11) is 0. The Labute approximate surface area is 94.4 Å². The van der Waals surface area contributed by atoms with E-state index in [-0.39, 0.29) is 5.78 Å². The predicted molar refractivity (Wildman–Crippen MR) is 60.9 cm³/mol. The van der Waals surface area contributed by atoms with Crippen LogP contribution in [-0.4, -0.2) is 23.6 Å². The van der Waals surface area contributed by atoms with Gasteiger partial charge < -0.3 is 4.90 Å². The molecule has 0 fully saturated rings. The third kappa shape index (κ3) is 2.19. The van der Waals surface area contributed by atoms with Crippen LogP contribution in [0.2, 0.25) is 0 Å². The van der Waals surface area contributed by atoms with E-state index in [1.807, 2.05) is 18.2 Å². The number of Topliss-reactive ketones (excluding diaryl/α,β-unsaturated/α-hetero) is 1. The summed E-state index contributed by atoms with van der Waals surface area (Å²) in [5.74, 6) is 0.0205. The van der Waals surface area contributed by atoms with Gasteiger partial charge in [0.2, 0.25) is 6.41 Å². The molecule has 0 N–H and O–H groups in total. The number of allylic oxidation sites excluding steroid dienone is 1. The van der Waals surface area contributed by atoms with Crippen LogP contribution in [0.5, 0.6) is 0 Å². The molecule has 82 valence electrons. The Bertz CT molecular complexity index is 423. The lowest BCUT2D eigenvalue weighted by molar-refractivity contribution is -0.116. The van der Waals surface area contributed by atoms with Crippen molar-refractivity contribution in [1.29, 1.82) is 0 Å². The van der Waals surface area contributed by atoms with Gasteiger partial charge in [-0.15, -0.1) is 0 Å². The minimum absolute atomic E-state index is 0.0205. The molecule has 1 aliphatic rings. The first-order valence-corrected chi connectivity index (χ1v) is 5.33. The molecule has 0 spiro atoms. The topological polar surface area (TPSA) is 37.4 Å². The van der Waals surface area contributed by atoms with Crippen LogP contribution in [0.25, 0.3) is 0 Å². The third-order valence-electron chi connectivity index (χ3n) is 2.65. The number of carbonyl (C=O) groups is 2. The van der Waals surface area contributed by atoms with Crippen LogP contribution in [0.15, 0.2) is 42.1 Å². The van der Waals surface area contributed by atoms with Gasteiger partial charge in [0.05, 0.1) is 0 Å². The highest BCUT2D eigenvalue weighted by Crippen LogP contribution is 2.18. The van der Waals surface area contributed by atoms with Crippen LogP contribution in [0.3, 0.4) is 0 Å². The number of amides is 1. The molecule has 0 saturated heterocycles. The van der Waals surface area contributed by atoms with Gasteiger partial charge in [0.1, 0.15) is 0 Å². The number of nitrogens with zero attached hydrogens (tertiary/aromatic N) is 1. The second-order valence-electron chi connectivity index (χ2n) is 3.80. The van der Waals surface area contributed by atoms with E-state index in [9.17, 15) is 9.59 Å². The molecule has 16 heavy (non-hydrogen) atoms. The molecule has 0 aliphatic carbocycles. The Kier molecular flexibility index (Phi) is 3.15. The highest BCUT2D eigenvalue weighted by atomic mass is 16.1. The van der Waals surface area contributed by atoms with Crippen LogP contribution in [-0.2, 0) is 4.79 Å². The van der Waals surface area contributed by atoms with Crippen molar-refractivity contribution >= 4 is 12.2 Å². The fraction of sp³-hybridized carbons (Fsp3) is 0.231. The van der Waals surface area contributed by atoms with Crippen molar-refractivity contribution in [3.8, 4) is 0 Å². The fourth-order valence-electron chi connectivity index (χ4n) is 1.81. The summed E-state index contributed by atoms with van der Waals surface area (Å²) < 4.78 is 0. The average Bonchev–Trinajstić information content (AvgIpc) is 2.39. The predicted octanol–water partition coefficient (Wildman–Crippen LogP) is 2.01. The summed E-state index contributed by atoms with van der Waals surface area (Å²) >= 11 is 0. The Hall–Kier alpha value is -1.90. The Morgan fingerprint density at radius 3 is 2.69 bits per heavy atom. The van der Waals surface area contributed by atoms with E-state index in [0.717, 1.165) is 19.3 Å². The second kappa shape index (κ2) is 4.75. The van der Waals surface area contributed by atoms with Gasteiger partial charge in [-0.3, -0.25) is 9.59 Å². The van der Waals surface area contributed by atoms with Gasteiger partial charge in [-0.2, -0.15) is 0 Å². The lowest BCUT2D eigenvalue weighted by atomic mass is 9.98. The maximum atomic E-state index is 12.1. The van der Waals surface area contributed by atoms with Crippen molar-refractivity contribution in [3.63, 3.8) is 0 Å². The van der Waals surface area contributed by atoms with Crippen LogP contribution >= 0.6 is 0 Å². The SMILES string of the molecule is O=CN1C=C(C(=O)c2ccccc2)CCC1. The van der Waals surface area contributed by atoms with Gasteiger partial charge in [-0.25, -0.2) is 0 Å². The van der Waals surface area contributed by atoms with Crippen molar-refractivity contribution in [3.05, 3.63) is 47.7 Å². The largest absolute Gasteiger partial charge is 0.321 e. The smallest absolute Gasteiger partial charge is 0.213 e. The first-order chi connectivity index (χ1) is 7.81. The van der Waals surface area contributed by atoms with Crippen molar-refractivity contribution in [2.75, 3.05) is 6.54 Å². The molecule has 1 aromatic carbocycles. The zero-order chi connectivity index (χ0) is 11.4. The minimum Gasteiger partial charge on any atom is -0.321 e. The molecular weight excluding hydrogens is 202 g/mol. The number of carbonyl (C=O) groups excluding carboxylic acids is 2. The van der Waals surface area contributed by atoms with Crippen molar-refractivity contribution < 1.29 is 9.59 Å². The van der Waals surface area contributed by atoms with E-state index in [1.54, 1.807) is 18.3 Å². The van der Waals surface area contributed by atoms with Crippen LogP contribution < -0.4 is 0 Å². The summed E-state index contributed by atoms with van der Waals surface area (Å²) in [6.07, 6.45) is 4.02. The quantitative estimate of drug-likeness (QED) is 0.571. The van der Waals surface area contributed by atoms with E-state index in [0.29, 0.717) is 17.7 Å². The summed E-state index contributed by atoms with van der Waals surface area (Å²) in [5, 5.41) is 0. The molecule has 2 rings (SSSR count). The van der Waals surface area contributed by atoms with Gasteiger partial charge >= 0.3 is 0 Å². The summed E-state index contributed by atoms with van der Waals surface area (Å²) in [6, 6.07) is 9.15. The highest BCUT2D eigenvalue weighted by Gasteiger charge is 2.16. The van der Waals surface area contributed by atoms with Gasteiger partial charge in [-0.1, -0.05) is 30.3 Å². The molecule has 1 aliphatic heterocycles. The number of ketones is 1. The lowest BCUT2D eigenvalue weighted by Gasteiger charge is -2.20. The van der Waals surface area contributed by atoms with Gasteiger partial charge in [0.15, 0.2) is 5.78 Å². The van der Waals surface area contributed by atoms with Crippen molar-refractivity contribution in [1.82, 2.24) is 4.90 Å². The van der Waals surface area contributed by atoms with Gasteiger partial charge in [0.25, 0.3) is 0 Å². The fourth-order valence-corrected chi connectivity index (χ4v) is 1.81. The van der Waals surface area contributed by atoms with Crippen LogP contribution in [0.1, 0.15) is 23.2 Å². The Morgan fingerprint density at radius 2 is 2.00 bits per heavy atom. The van der Waals surface area contributed by atoms with Crippen LogP contribution in [0, 0.1) is 0 Å². The number of hydrogen-bond donors (Lipinski definition) is 0. The van der Waals surface area contributed by atoms with Gasteiger partial charge in [-0.05, 0) is 12.8 Å². The molecular formula is C13H13NO2. The van der Waals surface area contributed by atoms with E-state index < -0.39 is 0 Å². The first kappa shape index (κ1) is 10.6. The maximum Gasteiger partial charge on any atom is 0.213 e. The maximum absolute atomic E-state index is 12.1. The Balaban J connectivity index is 2.22. The molecule has 1 heterocycles. The number of hydrogen-bond acceptors (Lipinski definition) is 2.